The lowest BCUT2D eigenvalue weighted by Gasteiger charge is -2.22. The Morgan fingerprint density at radius 1 is 0.167 bits per heavy atom. The highest BCUT2D eigenvalue weighted by Gasteiger charge is 2.46. The molecule has 0 fully saturated rings. The smallest absolute Gasteiger partial charge is 0.172 e. The topological polar surface area (TPSA) is 66.0 Å². The van der Waals surface area contributed by atoms with Crippen molar-refractivity contribution in [3.63, 3.8) is 0 Å². The first kappa shape index (κ1) is 85.7. The van der Waals surface area contributed by atoms with Crippen LogP contribution in [0, 0.1) is 0 Å². The Balaban J connectivity index is 0.000000105. The predicted molar refractivity (Wildman–Crippen MR) is 607 cm³/mol. The summed E-state index contributed by atoms with van der Waals surface area (Å²) in [6.07, 6.45) is 0. The predicted octanol–water partition coefficient (Wildman–Crippen LogP) is 31.1. The molecule has 0 bridgehead atoms. The quantitative estimate of drug-likeness (QED) is 0.135. The highest BCUT2D eigenvalue weighted by molar-refractivity contribution is 7.87. The second-order valence-corrected chi connectivity index (χ2v) is 49.1. The van der Waals surface area contributed by atoms with Crippen LogP contribution in [0.2, 0.25) is 0 Å². The zero-order chi connectivity index (χ0) is 96.6. The van der Waals surface area contributed by atoms with Crippen molar-refractivity contribution in [2.45, 2.75) is 57.8 Å². The van der Waals surface area contributed by atoms with E-state index < -0.39 is 21.4 Å². The standard InChI is InChI=1S/3C45H32NOP/c1-45(2)38-19-9-6-17-35(38)44-32(18-12-20-39(44)45)29-23-25-30(26-24-29)46-40-21-10-7-15-33(40)36-28-43-37(27-41(36)46)34-16-8-11-22-42(34)48(43,47)31-13-4-3-5-14-31;1-45(2)39-17-9-6-14-33(39)34-25-22-30(26-40(34)45)29-20-23-31(24-21-29)46-41-18-10-7-15-35(41)37-28-44-38(27-42(37)46)36-16-8-11-19-43(36)48(44,47)32-12-4-3-5-13-32;1-45(2)39-17-9-6-14-33(39)36-26-30(22-25-40(36)45)29-20-23-31(24-21-29)46-41-18-10-7-15-34(41)37-28-44-38(27-42(37)46)35-16-8-11-19-43(35)48(44,47)32-12-4-3-5-13-32/h3*3-28H,1-2H3. The number of para-hydroxylation sites is 3. The molecular weight excluding hydrogens is 1800 g/mol. The maximum absolute atomic E-state index is 15.3. The van der Waals surface area contributed by atoms with Crippen molar-refractivity contribution in [2.75, 3.05) is 0 Å². The number of fused-ring (bicyclic) bond motifs is 27. The first-order valence-electron chi connectivity index (χ1n) is 49.9. The molecule has 21 aromatic carbocycles. The van der Waals surface area contributed by atoms with Gasteiger partial charge in [-0.15, -0.1) is 0 Å². The lowest BCUT2D eigenvalue weighted by Crippen LogP contribution is -2.20. The lowest BCUT2D eigenvalue weighted by molar-refractivity contribution is 0.592. The lowest BCUT2D eigenvalue weighted by atomic mass is 9.81. The minimum atomic E-state index is -3.04. The molecule has 0 radical (unpaired) electrons. The van der Waals surface area contributed by atoms with E-state index in [1.807, 2.05) is 109 Å². The van der Waals surface area contributed by atoms with Gasteiger partial charge in [-0.1, -0.05) is 412 Å². The molecule has 3 aromatic heterocycles. The highest BCUT2D eigenvalue weighted by Crippen LogP contribution is 2.60. The average molecular weight is 1900 g/mol. The van der Waals surface area contributed by atoms with Crippen LogP contribution >= 0.6 is 21.4 Å². The average Bonchev–Trinajstić information content (AvgIpc) is 1.54. The van der Waals surface area contributed by atoms with E-state index >= 15 is 13.7 Å². The van der Waals surface area contributed by atoms with Crippen LogP contribution in [0.4, 0.5) is 0 Å². The maximum Gasteiger partial charge on any atom is 0.172 e. The number of hydrogen-bond donors (Lipinski definition) is 0. The number of rotatable bonds is 9. The SMILES string of the molecule is CC1(C)c2ccccc2-c2c(-c3ccc(-n4c5ccccc5c5cc6c(cc54)-c4ccccc4P6(=O)c4ccccc4)cc3)cccc21.CC1(C)c2ccccc2-c2cc(-c3ccc(-n4c5ccccc5c5cc6c(cc54)-c4ccccc4P6(=O)c4ccccc4)cc3)ccc21.CC1(C)c2ccccc2-c2ccc(-c3ccc(-n4c5ccccc5c5cc6c(cc54)-c4ccccc4P6(=O)c4ccccc4)cc3)cc21. The van der Waals surface area contributed by atoms with Gasteiger partial charge < -0.3 is 27.4 Å². The van der Waals surface area contributed by atoms with Crippen molar-refractivity contribution in [1.29, 1.82) is 0 Å². The van der Waals surface area contributed by atoms with Gasteiger partial charge in [0.25, 0.3) is 0 Å². The van der Waals surface area contributed by atoms with Gasteiger partial charge in [0.05, 0.1) is 33.1 Å². The normalized spacial score (nSPS) is 16.9. The Kier molecular flexibility index (Phi) is 19.0. The maximum atomic E-state index is 15.3. The molecular formula is C135H96N3O3P3. The van der Waals surface area contributed by atoms with Gasteiger partial charge in [-0.25, -0.2) is 0 Å². The molecule has 0 saturated heterocycles. The molecule has 0 N–H and O–H groups in total. The molecule has 0 spiro atoms. The van der Waals surface area contributed by atoms with Crippen molar-refractivity contribution >= 4 is 135 Å². The summed E-state index contributed by atoms with van der Waals surface area (Å²) in [6.45, 7) is 14.0. The fourth-order valence-corrected chi connectivity index (χ4v) is 34.7. The van der Waals surface area contributed by atoms with Crippen LogP contribution in [0.1, 0.15) is 74.9 Å². The minimum absolute atomic E-state index is 0.000374. The molecule has 0 amide bonds. The summed E-state index contributed by atoms with van der Waals surface area (Å²) >= 11 is 0. The summed E-state index contributed by atoms with van der Waals surface area (Å²) in [5.41, 5.74) is 40.1. The second kappa shape index (κ2) is 31.9. The van der Waals surface area contributed by atoms with Crippen LogP contribution in [0.15, 0.2) is 473 Å². The Morgan fingerprint density at radius 2 is 0.451 bits per heavy atom. The molecule has 144 heavy (non-hydrogen) atoms. The molecule has 3 aliphatic carbocycles. The minimum Gasteiger partial charge on any atom is -0.309 e. The van der Waals surface area contributed by atoms with Crippen LogP contribution in [0.5, 0.6) is 0 Å². The van der Waals surface area contributed by atoms with Crippen LogP contribution < -0.4 is 47.7 Å². The molecule has 9 heteroatoms. The summed E-state index contributed by atoms with van der Waals surface area (Å²) in [5.74, 6) is 0. The van der Waals surface area contributed by atoms with Crippen molar-refractivity contribution in [3.05, 3.63) is 507 Å². The van der Waals surface area contributed by atoms with Gasteiger partial charge in [0.2, 0.25) is 0 Å². The zero-order valence-electron chi connectivity index (χ0n) is 80.4. The molecule has 24 aromatic rings. The molecule has 684 valence electrons. The zero-order valence-corrected chi connectivity index (χ0v) is 83.1. The monoisotopic (exact) mass is 1900 g/mol. The van der Waals surface area contributed by atoms with E-state index in [0.717, 1.165) is 164 Å². The van der Waals surface area contributed by atoms with E-state index in [1.165, 1.54) is 100 Å². The molecule has 30 rings (SSSR count). The van der Waals surface area contributed by atoms with Crippen LogP contribution in [-0.2, 0) is 29.9 Å². The van der Waals surface area contributed by atoms with Crippen molar-refractivity contribution < 1.29 is 13.7 Å². The summed E-state index contributed by atoms with van der Waals surface area (Å²) in [6, 6.07) is 168. The Bertz CT molecular complexity index is 9750. The molecule has 0 saturated carbocycles. The molecule has 3 aliphatic heterocycles. The van der Waals surface area contributed by atoms with Gasteiger partial charge in [-0.05, 0) is 237 Å². The van der Waals surface area contributed by atoms with Gasteiger partial charge in [-0.3, -0.25) is 0 Å². The van der Waals surface area contributed by atoms with Gasteiger partial charge in [0.1, 0.15) is 0 Å². The summed E-state index contributed by atoms with van der Waals surface area (Å²) < 4.78 is 52.9. The Morgan fingerprint density at radius 3 is 0.868 bits per heavy atom. The van der Waals surface area contributed by atoms with Crippen molar-refractivity contribution in [2.24, 2.45) is 0 Å². The van der Waals surface area contributed by atoms with E-state index in [1.54, 1.807) is 0 Å². The first-order chi connectivity index (χ1) is 70.3. The third-order valence-corrected chi connectivity index (χ3v) is 41.9. The molecule has 3 atom stereocenters. The fraction of sp³-hybridized carbons (Fsp3) is 0.0667. The number of aromatic nitrogens is 3. The summed E-state index contributed by atoms with van der Waals surface area (Å²) in [5, 5.41) is 15.1. The van der Waals surface area contributed by atoms with Gasteiger partial charge in [0, 0.05) is 113 Å². The largest absolute Gasteiger partial charge is 0.309 e. The Labute approximate surface area is 837 Å². The van der Waals surface area contributed by atoms with Crippen LogP contribution in [-0.4, -0.2) is 13.7 Å². The highest BCUT2D eigenvalue weighted by atomic mass is 31.2. The molecule has 3 unspecified atom stereocenters. The van der Waals surface area contributed by atoms with E-state index in [2.05, 4.69) is 419 Å². The fourth-order valence-electron chi connectivity index (χ4n) is 25.5. The third-order valence-electron chi connectivity index (χ3n) is 32.5. The van der Waals surface area contributed by atoms with E-state index in [4.69, 9.17) is 0 Å². The third kappa shape index (κ3) is 12.3. The summed E-state index contributed by atoms with van der Waals surface area (Å²) in [7, 11) is -9.10. The van der Waals surface area contributed by atoms with Crippen LogP contribution in [0.3, 0.4) is 0 Å². The van der Waals surface area contributed by atoms with E-state index in [9.17, 15) is 0 Å². The van der Waals surface area contributed by atoms with Crippen molar-refractivity contribution in [3.8, 4) is 117 Å². The molecule has 6 heterocycles. The summed E-state index contributed by atoms with van der Waals surface area (Å²) in [4.78, 5) is 0. The van der Waals surface area contributed by atoms with Gasteiger partial charge in [0.15, 0.2) is 21.4 Å². The van der Waals surface area contributed by atoms with E-state index in [-0.39, 0.29) is 16.2 Å². The Hall–Kier alpha value is -16.3. The number of hydrogen-bond acceptors (Lipinski definition) is 3. The number of benzene rings is 21. The number of nitrogens with zero attached hydrogens (tertiary/aromatic N) is 3. The van der Waals surface area contributed by atoms with Gasteiger partial charge in [-0.2, -0.15) is 0 Å². The molecule has 6 nitrogen and oxygen atoms in total. The van der Waals surface area contributed by atoms with E-state index in [0.29, 0.717) is 0 Å². The van der Waals surface area contributed by atoms with Gasteiger partial charge >= 0.3 is 0 Å². The van der Waals surface area contributed by atoms with Crippen LogP contribution in [0.25, 0.3) is 183 Å². The molecule has 6 aliphatic rings. The first-order valence-corrected chi connectivity index (χ1v) is 55.0. The second-order valence-electron chi connectivity index (χ2n) is 41.0. The van der Waals surface area contributed by atoms with Crippen molar-refractivity contribution in [1.82, 2.24) is 13.7 Å².